The van der Waals surface area contributed by atoms with Gasteiger partial charge in [-0.3, -0.25) is 4.90 Å². The fourth-order valence-electron chi connectivity index (χ4n) is 4.40. The van der Waals surface area contributed by atoms with Crippen molar-refractivity contribution in [1.29, 1.82) is 0 Å². The van der Waals surface area contributed by atoms with E-state index in [1.165, 1.54) is 24.0 Å². The number of hydrogen-bond acceptors (Lipinski definition) is 5. The van der Waals surface area contributed by atoms with Crippen LogP contribution in [-0.2, 0) is 10.3 Å². The highest BCUT2D eigenvalue weighted by atomic mass is 16.5. The van der Waals surface area contributed by atoms with Gasteiger partial charge in [0, 0.05) is 13.1 Å². The third-order valence-electron chi connectivity index (χ3n) is 5.58. The first-order valence-electron chi connectivity index (χ1n) is 8.91. The molecule has 0 unspecified atom stereocenters. The van der Waals surface area contributed by atoms with E-state index in [4.69, 9.17) is 4.74 Å². The van der Waals surface area contributed by atoms with Crippen LogP contribution in [0.1, 0.15) is 42.6 Å². The fourth-order valence-corrected chi connectivity index (χ4v) is 4.40. The minimum atomic E-state index is -0.0536. The molecule has 0 spiro atoms. The maximum atomic E-state index is 5.57. The summed E-state index contributed by atoms with van der Waals surface area (Å²) >= 11 is 0. The van der Waals surface area contributed by atoms with E-state index >= 15 is 0 Å². The zero-order chi connectivity index (χ0) is 16.6. The molecule has 2 heterocycles. The van der Waals surface area contributed by atoms with Crippen LogP contribution in [0.3, 0.4) is 0 Å². The summed E-state index contributed by atoms with van der Waals surface area (Å²) in [5.41, 5.74) is 3.48. The van der Waals surface area contributed by atoms with Crippen molar-refractivity contribution in [1.82, 2.24) is 25.1 Å². The second-order valence-corrected chi connectivity index (χ2v) is 6.99. The van der Waals surface area contributed by atoms with Crippen molar-refractivity contribution in [3.05, 3.63) is 35.2 Å². The lowest BCUT2D eigenvalue weighted by molar-refractivity contribution is -0.0273. The van der Waals surface area contributed by atoms with E-state index in [1.807, 2.05) is 4.68 Å². The molecule has 1 aliphatic heterocycles. The van der Waals surface area contributed by atoms with Gasteiger partial charge in [0.1, 0.15) is 0 Å². The van der Waals surface area contributed by atoms with Crippen LogP contribution in [0.5, 0.6) is 0 Å². The van der Waals surface area contributed by atoms with Gasteiger partial charge < -0.3 is 4.74 Å². The van der Waals surface area contributed by atoms with Crippen LogP contribution in [0.4, 0.5) is 0 Å². The molecule has 1 aromatic heterocycles. The summed E-state index contributed by atoms with van der Waals surface area (Å²) in [7, 11) is 0. The Bertz CT molecular complexity index is 694. The van der Waals surface area contributed by atoms with Crippen LogP contribution < -0.4 is 0 Å². The van der Waals surface area contributed by atoms with Gasteiger partial charge in [-0.2, -0.15) is 4.68 Å². The molecule has 1 aromatic carbocycles. The predicted octanol–water partition coefficient (Wildman–Crippen LogP) is 2.38. The van der Waals surface area contributed by atoms with E-state index in [0.29, 0.717) is 0 Å². The van der Waals surface area contributed by atoms with Crippen molar-refractivity contribution in [3.63, 3.8) is 0 Å². The Balaban J connectivity index is 1.83. The first kappa shape index (κ1) is 15.7. The number of para-hydroxylation sites is 1. The molecule has 1 aliphatic carbocycles. The standard InChI is InChI=1S/C18H25N5O/c1-14-6-5-7-15(2)16(14)23-17(19-20-21-23)18(8-3-4-9-18)22-10-12-24-13-11-22/h5-7H,3-4,8-13H2,1-2H3. The van der Waals surface area contributed by atoms with Crippen molar-refractivity contribution in [2.75, 3.05) is 26.3 Å². The zero-order valence-corrected chi connectivity index (χ0v) is 14.5. The number of aromatic nitrogens is 4. The summed E-state index contributed by atoms with van der Waals surface area (Å²) in [5, 5.41) is 13.0. The van der Waals surface area contributed by atoms with Gasteiger partial charge in [-0.15, -0.1) is 5.10 Å². The molecule has 2 aliphatic rings. The first-order valence-corrected chi connectivity index (χ1v) is 8.91. The van der Waals surface area contributed by atoms with Crippen molar-refractivity contribution in [2.45, 2.75) is 45.1 Å². The lowest BCUT2D eigenvalue weighted by Crippen LogP contribution is -2.51. The Labute approximate surface area is 142 Å². The topological polar surface area (TPSA) is 56.1 Å². The number of aryl methyl sites for hydroxylation is 2. The molecule has 24 heavy (non-hydrogen) atoms. The van der Waals surface area contributed by atoms with Crippen LogP contribution in [0.25, 0.3) is 5.69 Å². The average molecular weight is 327 g/mol. The molecule has 2 fully saturated rings. The molecule has 0 bridgehead atoms. The van der Waals surface area contributed by atoms with E-state index in [-0.39, 0.29) is 5.54 Å². The van der Waals surface area contributed by atoms with Crippen LogP contribution in [0, 0.1) is 13.8 Å². The number of morpholine rings is 1. The van der Waals surface area contributed by atoms with Crippen molar-refractivity contribution in [2.24, 2.45) is 0 Å². The largest absolute Gasteiger partial charge is 0.379 e. The van der Waals surface area contributed by atoms with Gasteiger partial charge >= 0.3 is 0 Å². The first-order chi connectivity index (χ1) is 11.7. The Kier molecular flexibility index (Phi) is 4.10. The van der Waals surface area contributed by atoms with E-state index < -0.39 is 0 Å². The number of benzene rings is 1. The Morgan fingerprint density at radius 3 is 2.38 bits per heavy atom. The Morgan fingerprint density at radius 1 is 1.04 bits per heavy atom. The molecule has 0 radical (unpaired) electrons. The second kappa shape index (κ2) is 6.26. The summed E-state index contributed by atoms with van der Waals surface area (Å²) in [6, 6.07) is 6.35. The molecule has 1 saturated heterocycles. The lowest BCUT2D eigenvalue weighted by Gasteiger charge is -2.42. The number of ether oxygens (including phenoxy) is 1. The van der Waals surface area contributed by atoms with E-state index in [2.05, 4.69) is 52.5 Å². The molecule has 128 valence electrons. The molecule has 0 N–H and O–H groups in total. The van der Waals surface area contributed by atoms with Crippen LogP contribution in [0.2, 0.25) is 0 Å². The van der Waals surface area contributed by atoms with Gasteiger partial charge in [0.15, 0.2) is 5.82 Å². The van der Waals surface area contributed by atoms with Gasteiger partial charge in [0.2, 0.25) is 0 Å². The number of hydrogen-bond donors (Lipinski definition) is 0. The third kappa shape index (κ3) is 2.45. The molecule has 2 aromatic rings. The fraction of sp³-hybridized carbons (Fsp3) is 0.611. The minimum absolute atomic E-state index is 0.0536. The summed E-state index contributed by atoms with van der Waals surface area (Å²) < 4.78 is 7.57. The Morgan fingerprint density at radius 2 is 1.71 bits per heavy atom. The highest BCUT2D eigenvalue weighted by molar-refractivity contribution is 5.47. The second-order valence-electron chi connectivity index (χ2n) is 6.99. The van der Waals surface area contributed by atoms with Crippen LogP contribution in [-0.4, -0.2) is 51.4 Å². The molecule has 1 saturated carbocycles. The van der Waals surface area contributed by atoms with Gasteiger partial charge in [-0.1, -0.05) is 31.0 Å². The van der Waals surface area contributed by atoms with Crippen molar-refractivity contribution in [3.8, 4) is 5.69 Å². The van der Waals surface area contributed by atoms with E-state index in [9.17, 15) is 0 Å². The average Bonchev–Trinajstić information content (AvgIpc) is 3.25. The zero-order valence-electron chi connectivity index (χ0n) is 14.5. The lowest BCUT2D eigenvalue weighted by atomic mass is 9.92. The third-order valence-corrected chi connectivity index (χ3v) is 5.58. The highest BCUT2D eigenvalue weighted by Gasteiger charge is 2.46. The molecule has 0 amide bonds. The number of rotatable bonds is 3. The Hall–Kier alpha value is -1.79. The van der Waals surface area contributed by atoms with Crippen molar-refractivity contribution >= 4 is 0 Å². The summed E-state index contributed by atoms with van der Waals surface area (Å²) in [6.45, 7) is 7.77. The summed E-state index contributed by atoms with van der Waals surface area (Å²) in [5.74, 6) is 0.999. The number of nitrogens with zero attached hydrogens (tertiary/aromatic N) is 5. The van der Waals surface area contributed by atoms with Gasteiger partial charge in [-0.25, -0.2) is 0 Å². The van der Waals surface area contributed by atoms with Gasteiger partial charge in [0.25, 0.3) is 0 Å². The molecule has 6 heteroatoms. The van der Waals surface area contributed by atoms with Gasteiger partial charge in [0.05, 0.1) is 24.4 Å². The quantitative estimate of drug-likeness (QED) is 0.866. The highest BCUT2D eigenvalue weighted by Crippen LogP contribution is 2.44. The SMILES string of the molecule is Cc1cccc(C)c1-n1nnnc1C1(N2CCOCC2)CCCC1. The van der Waals surface area contributed by atoms with E-state index in [0.717, 1.165) is 50.7 Å². The van der Waals surface area contributed by atoms with Crippen molar-refractivity contribution < 1.29 is 4.74 Å². The molecule has 6 nitrogen and oxygen atoms in total. The maximum Gasteiger partial charge on any atom is 0.176 e. The molecule has 4 rings (SSSR count). The van der Waals surface area contributed by atoms with E-state index in [1.54, 1.807) is 0 Å². The summed E-state index contributed by atoms with van der Waals surface area (Å²) in [6.07, 6.45) is 4.71. The maximum absolute atomic E-state index is 5.57. The monoisotopic (exact) mass is 327 g/mol. The number of tetrazole rings is 1. The van der Waals surface area contributed by atoms with Crippen LogP contribution in [0.15, 0.2) is 18.2 Å². The summed E-state index contributed by atoms with van der Waals surface area (Å²) in [4.78, 5) is 2.55. The minimum Gasteiger partial charge on any atom is -0.379 e. The smallest absolute Gasteiger partial charge is 0.176 e. The van der Waals surface area contributed by atoms with Gasteiger partial charge in [-0.05, 0) is 48.2 Å². The molecule has 0 atom stereocenters. The molecular weight excluding hydrogens is 302 g/mol. The van der Waals surface area contributed by atoms with Crippen LogP contribution >= 0.6 is 0 Å². The predicted molar refractivity (Wildman–Crippen MR) is 91.2 cm³/mol. The normalized spacial score (nSPS) is 21.2. The molecular formula is C18H25N5O.